The van der Waals surface area contributed by atoms with Crippen molar-refractivity contribution in [2.75, 3.05) is 19.8 Å². The highest BCUT2D eigenvalue weighted by Crippen LogP contribution is 2.29. The van der Waals surface area contributed by atoms with Gasteiger partial charge in [-0.25, -0.2) is 9.07 Å². The summed E-state index contributed by atoms with van der Waals surface area (Å²) in [5.74, 6) is 1.10. The molecule has 0 unspecified atom stereocenters. The molecule has 2 aromatic heterocycles. The van der Waals surface area contributed by atoms with E-state index in [9.17, 15) is 14.3 Å². The van der Waals surface area contributed by atoms with Gasteiger partial charge in [0.2, 0.25) is 0 Å². The lowest BCUT2D eigenvalue weighted by Gasteiger charge is -2.33. The van der Waals surface area contributed by atoms with Gasteiger partial charge in [0.05, 0.1) is 25.8 Å². The van der Waals surface area contributed by atoms with Crippen molar-refractivity contribution in [2.45, 2.75) is 39.9 Å². The summed E-state index contributed by atoms with van der Waals surface area (Å²) in [6.07, 6.45) is 0. The van der Waals surface area contributed by atoms with Crippen molar-refractivity contribution in [1.29, 1.82) is 0 Å². The Morgan fingerprint density at radius 2 is 1.94 bits per heavy atom. The molecule has 0 aliphatic rings. The molecule has 0 radical (unpaired) electrons. The number of hydrogen-bond acceptors (Lipinski definition) is 7. The van der Waals surface area contributed by atoms with Gasteiger partial charge >= 0.3 is 0 Å². The molecule has 2 aromatic carbocycles. The molecule has 0 saturated carbocycles. The second-order valence-corrected chi connectivity index (χ2v) is 9.01. The number of aliphatic hydroxyl groups excluding tert-OH is 1. The fraction of sp³-hybridized carbons (Fsp3) is 0.385. The molecule has 2 N–H and O–H groups in total. The van der Waals surface area contributed by atoms with E-state index < -0.39 is 0 Å². The molecule has 1 atom stereocenters. The third-order valence-corrected chi connectivity index (χ3v) is 6.06. The lowest BCUT2D eigenvalue weighted by atomic mass is 10.00. The van der Waals surface area contributed by atoms with Gasteiger partial charge in [0.15, 0.2) is 5.82 Å². The van der Waals surface area contributed by atoms with Gasteiger partial charge in [-0.15, -0.1) is 5.10 Å². The van der Waals surface area contributed by atoms with Crippen LogP contribution in [0.3, 0.4) is 0 Å². The Morgan fingerprint density at radius 1 is 1.17 bits per heavy atom. The zero-order valence-corrected chi connectivity index (χ0v) is 20.7. The van der Waals surface area contributed by atoms with Crippen LogP contribution in [0.15, 0.2) is 53.3 Å². The van der Waals surface area contributed by atoms with E-state index in [1.54, 1.807) is 16.8 Å². The second-order valence-electron chi connectivity index (χ2n) is 9.01. The summed E-state index contributed by atoms with van der Waals surface area (Å²) >= 11 is 0. The van der Waals surface area contributed by atoms with Crippen molar-refractivity contribution in [2.24, 2.45) is 5.92 Å². The van der Waals surface area contributed by atoms with Crippen molar-refractivity contribution in [1.82, 2.24) is 30.1 Å². The molecule has 36 heavy (non-hydrogen) atoms. The smallest absolute Gasteiger partial charge is 0.252 e. The molecule has 0 bridgehead atoms. The highest BCUT2D eigenvalue weighted by atomic mass is 19.1. The van der Waals surface area contributed by atoms with Gasteiger partial charge in [0.1, 0.15) is 11.6 Å². The number of H-pyrrole nitrogens is 1. The van der Waals surface area contributed by atoms with E-state index >= 15 is 0 Å². The number of pyridine rings is 1. The molecule has 10 heteroatoms. The number of fused-ring (bicyclic) bond motifs is 1. The first-order valence-corrected chi connectivity index (χ1v) is 12.0. The maximum Gasteiger partial charge on any atom is 0.252 e. The molecule has 0 saturated heterocycles. The molecule has 9 nitrogen and oxygen atoms in total. The van der Waals surface area contributed by atoms with Crippen LogP contribution >= 0.6 is 0 Å². The summed E-state index contributed by atoms with van der Waals surface area (Å²) in [5.41, 5.74) is 1.96. The lowest BCUT2D eigenvalue weighted by Crippen LogP contribution is -2.37. The average Bonchev–Trinajstić information content (AvgIpc) is 3.29. The molecular weight excluding hydrogens is 463 g/mol. The van der Waals surface area contributed by atoms with Gasteiger partial charge in [0, 0.05) is 29.6 Å². The van der Waals surface area contributed by atoms with Crippen LogP contribution in [0.25, 0.3) is 10.9 Å². The Bertz CT molecular complexity index is 1350. The predicted octanol–water partition coefficient (Wildman–Crippen LogP) is 3.29. The monoisotopic (exact) mass is 494 g/mol. The van der Waals surface area contributed by atoms with E-state index in [-0.39, 0.29) is 36.5 Å². The number of aliphatic hydroxyl groups is 1. The number of rotatable bonds is 11. The van der Waals surface area contributed by atoms with Crippen molar-refractivity contribution >= 4 is 10.9 Å². The van der Waals surface area contributed by atoms with E-state index in [1.807, 2.05) is 49.9 Å². The van der Waals surface area contributed by atoms with Crippen LogP contribution in [0.4, 0.5) is 4.39 Å². The Morgan fingerprint density at radius 3 is 2.64 bits per heavy atom. The highest BCUT2D eigenvalue weighted by molar-refractivity contribution is 5.80. The van der Waals surface area contributed by atoms with Crippen LogP contribution < -0.4 is 10.3 Å². The van der Waals surface area contributed by atoms with E-state index in [0.717, 1.165) is 22.2 Å². The van der Waals surface area contributed by atoms with Gasteiger partial charge in [-0.3, -0.25) is 9.69 Å². The minimum Gasteiger partial charge on any atom is -0.494 e. The lowest BCUT2D eigenvalue weighted by molar-refractivity contribution is 0.106. The number of aromatic amines is 1. The second kappa shape index (κ2) is 11.4. The first-order valence-electron chi connectivity index (χ1n) is 12.0. The Kier molecular flexibility index (Phi) is 8.07. The summed E-state index contributed by atoms with van der Waals surface area (Å²) in [5, 5.41) is 23.1. The number of ether oxygens (including phenoxy) is 1. The number of aromatic nitrogens is 5. The quantitative estimate of drug-likeness (QED) is 0.329. The van der Waals surface area contributed by atoms with Crippen LogP contribution in [0.2, 0.25) is 0 Å². The van der Waals surface area contributed by atoms with E-state index in [1.165, 1.54) is 12.1 Å². The van der Waals surface area contributed by atoms with E-state index in [0.29, 0.717) is 31.1 Å². The minimum absolute atomic E-state index is 0.0682. The molecule has 0 fully saturated rings. The number of nitrogens with one attached hydrogen (secondary N) is 1. The van der Waals surface area contributed by atoms with E-state index in [2.05, 4.69) is 20.5 Å². The number of tetrazole rings is 1. The SMILES string of the molecule is CCOc1ccc2[nH]c(=O)c(CN(CCO)[C@@H](c3nnnn3Cc3ccc(F)cc3)C(C)C)cc2c1. The standard InChI is InChI=1S/C26H31FN6O3/c1-4-36-22-9-10-23-19(14-22)13-20(26(35)28-23)16-32(11-12-34)24(17(2)3)25-29-30-31-33(25)15-18-5-7-21(27)8-6-18/h5-10,13-14,17,24,34H,4,11-12,15-16H2,1-3H3,(H,28,35)/t24-/m1/s1. The molecule has 0 aliphatic heterocycles. The summed E-state index contributed by atoms with van der Waals surface area (Å²) in [6.45, 7) is 7.45. The maximum atomic E-state index is 13.4. The van der Waals surface area contributed by atoms with Crippen molar-refractivity contribution in [3.05, 3.63) is 81.7 Å². The summed E-state index contributed by atoms with van der Waals surface area (Å²) in [4.78, 5) is 17.9. The average molecular weight is 495 g/mol. The summed E-state index contributed by atoms with van der Waals surface area (Å²) in [6, 6.07) is 13.3. The topological polar surface area (TPSA) is 109 Å². The third-order valence-electron chi connectivity index (χ3n) is 6.06. The minimum atomic E-state index is -0.307. The fourth-order valence-electron chi connectivity index (χ4n) is 4.45. The molecule has 4 aromatic rings. The summed E-state index contributed by atoms with van der Waals surface area (Å²) in [7, 11) is 0. The van der Waals surface area contributed by atoms with Crippen LogP contribution in [-0.2, 0) is 13.1 Å². The van der Waals surface area contributed by atoms with Crippen molar-refractivity contribution < 1.29 is 14.2 Å². The molecular formula is C26H31FN6O3. The molecule has 0 spiro atoms. The van der Waals surface area contributed by atoms with Crippen LogP contribution in [0, 0.1) is 11.7 Å². The van der Waals surface area contributed by atoms with Gasteiger partial charge < -0.3 is 14.8 Å². The molecule has 4 rings (SSSR count). The van der Waals surface area contributed by atoms with Crippen LogP contribution in [-0.4, -0.2) is 55.0 Å². The van der Waals surface area contributed by atoms with Crippen LogP contribution in [0.1, 0.15) is 43.8 Å². The summed E-state index contributed by atoms with van der Waals surface area (Å²) < 4.78 is 20.6. The fourth-order valence-corrected chi connectivity index (χ4v) is 4.45. The van der Waals surface area contributed by atoms with E-state index in [4.69, 9.17) is 4.74 Å². The molecule has 2 heterocycles. The van der Waals surface area contributed by atoms with Gasteiger partial charge in [-0.2, -0.15) is 0 Å². The zero-order valence-electron chi connectivity index (χ0n) is 20.7. The highest BCUT2D eigenvalue weighted by Gasteiger charge is 2.29. The van der Waals surface area contributed by atoms with Gasteiger partial charge in [-0.1, -0.05) is 26.0 Å². The Balaban J connectivity index is 1.67. The number of halogens is 1. The Labute approximate surface area is 208 Å². The molecule has 0 amide bonds. The van der Waals surface area contributed by atoms with Gasteiger partial charge in [0.25, 0.3) is 5.56 Å². The number of hydrogen-bond donors (Lipinski definition) is 2. The Hall–Kier alpha value is -3.63. The predicted molar refractivity (Wildman–Crippen MR) is 134 cm³/mol. The van der Waals surface area contributed by atoms with Crippen molar-refractivity contribution in [3.8, 4) is 5.75 Å². The van der Waals surface area contributed by atoms with Crippen LogP contribution in [0.5, 0.6) is 5.75 Å². The largest absolute Gasteiger partial charge is 0.494 e. The maximum absolute atomic E-state index is 13.4. The number of nitrogens with zero attached hydrogens (tertiary/aromatic N) is 5. The molecule has 190 valence electrons. The normalized spacial score (nSPS) is 12.5. The van der Waals surface area contributed by atoms with Gasteiger partial charge in [-0.05, 0) is 65.2 Å². The number of benzene rings is 2. The third kappa shape index (κ3) is 5.77. The first kappa shape index (κ1) is 25.5. The van der Waals surface area contributed by atoms with Crippen molar-refractivity contribution in [3.63, 3.8) is 0 Å². The zero-order chi connectivity index (χ0) is 25.7. The molecule has 0 aliphatic carbocycles. The first-order chi connectivity index (χ1) is 17.4.